The molecule has 0 aromatic heterocycles. The first-order chi connectivity index (χ1) is 14.0. The average molecular weight is 448 g/mol. The summed E-state index contributed by atoms with van der Waals surface area (Å²) in [5.41, 5.74) is -0.391. The zero-order chi connectivity index (χ0) is 21.8. The van der Waals surface area contributed by atoms with Gasteiger partial charge in [-0.3, -0.25) is 9.69 Å². The topological polar surface area (TPSA) is 86.8 Å². The van der Waals surface area contributed by atoms with Crippen molar-refractivity contribution in [1.82, 2.24) is 14.5 Å². The highest BCUT2D eigenvalue weighted by molar-refractivity contribution is 7.90. The first kappa shape index (κ1) is 21.9. The number of amides is 3. The minimum Gasteiger partial charge on any atom is -0.320 e. The summed E-state index contributed by atoms with van der Waals surface area (Å²) in [4.78, 5) is 28.0. The van der Waals surface area contributed by atoms with Gasteiger partial charge >= 0.3 is 6.03 Å². The fourth-order valence-electron chi connectivity index (χ4n) is 5.26. The lowest BCUT2D eigenvalue weighted by molar-refractivity contribution is -0.139. The number of urea groups is 1. The first-order valence-electron chi connectivity index (χ1n) is 10.9. The van der Waals surface area contributed by atoms with E-state index in [2.05, 4.69) is 4.72 Å². The predicted octanol–water partition coefficient (Wildman–Crippen LogP) is 2.37. The number of imide groups is 1. The van der Waals surface area contributed by atoms with Crippen molar-refractivity contribution in [1.29, 1.82) is 0 Å². The molecular formula is C20H31F2N3O4S. The number of carbonyl (C=O) groups excluding carboxylic acids is 2. The van der Waals surface area contributed by atoms with Crippen molar-refractivity contribution in [3.8, 4) is 0 Å². The maximum Gasteiger partial charge on any atom is 0.326 e. The van der Waals surface area contributed by atoms with Gasteiger partial charge in [0.1, 0.15) is 12.3 Å². The standard InChI is InChI=1S/C20H31F2N3O4S/c1-20(8-9-20)23-30(28,29)12-6-7-17-13(10-12)18(26)24(2)19(27)25(17)11-14-15(21)4-3-5-16(14)22/h12-17,23H,3-11H2,1-2H3. The fraction of sp³-hybridized carbons (Fsp3) is 0.900. The van der Waals surface area contributed by atoms with Crippen LogP contribution in [0.15, 0.2) is 0 Å². The van der Waals surface area contributed by atoms with Crippen LogP contribution >= 0.6 is 0 Å². The molecule has 5 unspecified atom stereocenters. The molecule has 170 valence electrons. The zero-order valence-electron chi connectivity index (χ0n) is 17.5. The van der Waals surface area contributed by atoms with Gasteiger partial charge in [0.25, 0.3) is 0 Å². The quantitative estimate of drug-likeness (QED) is 0.701. The molecule has 1 heterocycles. The van der Waals surface area contributed by atoms with E-state index in [-0.39, 0.29) is 25.8 Å². The molecule has 1 N–H and O–H groups in total. The Morgan fingerprint density at radius 3 is 2.33 bits per heavy atom. The molecule has 4 aliphatic rings. The molecule has 3 saturated carbocycles. The average Bonchev–Trinajstić information content (AvgIpc) is 3.40. The molecule has 7 nitrogen and oxygen atoms in total. The molecule has 4 rings (SSSR count). The molecule has 0 spiro atoms. The number of halogens is 2. The Morgan fingerprint density at radius 1 is 1.10 bits per heavy atom. The van der Waals surface area contributed by atoms with Crippen molar-refractivity contribution in [3.05, 3.63) is 0 Å². The molecule has 5 atom stereocenters. The Kier molecular flexibility index (Phi) is 5.62. The summed E-state index contributed by atoms with van der Waals surface area (Å²) in [6, 6.07) is -1.05. The molecule has 0 aromatic carbocycles. The number of sulfonamides is 1. The second-order valence-electron chi connectivity index (χ2n) is 9.78. The van der Waals surface area contributed by atoms with Crippen LogP contribution in [-0.4, -0.2) is 72.9 Å². The van der Waals surface area contributed by atoms with Gasteiger partial charge < -0.3 is 4.90 Å². The van der Waals surface area contributed by atoms with Crippen LogP contribution in [0.25, 0.3) is 0 Å². The van der Waals surface area contributed by atoms with Crippen LogP contribution in [-0.2, 0) is 14.8 Å². The van der Waals surface area contributed by atoms with Gasteiger partial charge in [-0.1, -0.05) is 0 Å². The van der Waals surface area contributed by atoms with Crippen molar-refractivity contribution in [2.75, 3.05) is 13.6 Å². The smallest absolute Gasteiger partial charge is 0.320 e. The van der Waals surface area contributed by atoms with Gasteiger partial charge in [0.2, 0.25) is 15.9 Å². The number of hydrogen-bond acceptors (Lipinski definition) is 4. The van der Waals surface area contributed by atoms with Gasteiger partial charge in [-0.25, -0.2) is 26.7 Å². The van der Waals surface area contributed by atoms with Gasteiger partial charge in [0, 0.05) is 31.1 Å². The monoisotopic (exact) mass is 447 g/mol. The molecule has 3 amide bonds. The Labute approximate surface area is 176 Å². The number of carbonyl (C=O) groups is 2. The van der Waals surface area contributed by atoms with Crippen molar-refractivity contribution in [2.45, 2.75) is 87.5 Å². The molecule has 4 fully saturated rings. The third-order valence-electron chi connectivity index (χ3n) is 7.47. The summed E-state index contributed by atoms with van der Waals surface area (Å²) in [6.07, 6.45) is 0.771. The van der Waals surface area contributed by atoms with Crippen LogP contribution < -0.4 is 4.72 Å². The van der Waals surface area contributed by atoms with E-state index in [4.69, 9.17) is 0 Å². The van der Waals surface area contributed by atoms with E-state index in [0.29, 0.717) is 19.3 Å². The summed E-state index contributed by atoms with van der Waals surface area (Å²) in [5.74, 6) is -1.98. The highest BCUT2D eigenvalue weighted by atomic mass is 32.2. The number of nitrogens with zero attached hydrogens (tertiary/aromatic N) is 2. The van der Waals surface area contributed by atoms with Gasteiger partial charge in [0.15, 0.2) is 0 Å². The van der Waals surface area contributed by atoms with Crippen LogP contribution in [0.5, 0.6) is 0 Å². The van der Waals surface area contributed by atoms with Crippen molar-refractivity contribution in [3.63, 3.8) is 0 Å². The molecule has 0 aromatic rings. The first-order valence-corrected chi connectivity index (χ1v) is 12.5. The minimum atomic E-state index is -3.59. The number of alkyl halides is 2. The van der Waals surface area contributed by atoms with Crippen molar-refractivity contribution >= 4 is 22.0 Å². The minimum absolute atomic E-state index is 0.0757. The summed E-state index contributed by atoms with van der Waals surface area (Å²) in [5, 5.41) is -0.707. The van der Waals surface area contributed by atoms with E-state index in [1.54, 1.807) is 0 Å². The molecule has 1 aliphatic heterocycles. The maximum absolute atomic E-state index is 14.4. The summed E-state index contributed by atoms with van der Waals surface area (Å²) in [6.45, 7) is 1.79. The summed E-state index contributed by atoms with van der Waals surface area (Å²) in [7, 11) is -2.23. The highest BCUT2D eigenvalue weighted by Crippen LogP contribution is 2.41. The zero-order valence-corrected chi connectivity index (χ0v) is 18.3. The Morgan fingerprint density at radius 2 is 1.73 bits per heavy atom. The van der Waals surface area contributed by atoms with E-state index in [0.717, 1.165) is 17.7 Å². The van der Waals surface area contributed by atoms with E-state index < -0.39 is 63.0 Å². The lowest BCUT2D eigenvalue weighted by Gasteiger charge is -2.49. The molecule has 10 heteroatoms. The Hall–Kier alpha value is -1.29. The Balaban J connectivity index is 1.52. The Bertz CT molecular complexity index is 809. The molecule has 0 bridgehead atoms. The van der Waals surface area contributed by atoms with Crippen molar-refractivity contribution < 1.29 is 26.8 Å². The van der Waals surface area contributed by atoms with Crippen LogP contribution in [0, 0.1) is 11.8 Å². The van der Waals surface area contributed by atoms with E-state index in [9.17, 15) is 26.8 Å². The second kappa shape index (κ2) is 7.69. The maximum atomic E-state index is 14.4. The van der Waals surface area contributed by atoms with E-state index in [1.165, 1.54) is 11.9 Å². The SMILES string of the molecule is CN1C(=O)C2CC(S(=O)(=O)NC3(C)CC3)CCC2N(CC2C(F)CCCC2F)C1=O. The third-order valence-corrected chi connectivity index (χ3v) is 9.55. The molecule has 3 aliphatic carbocycles. The number of nitrogens with one attached hydrogen (secondary N) is 1. The molecule has 0 radical (unpaired) electrons. The normalized spacial score (nSPS) is 39.1. The van der Waals surface area contributed by atoms with Gasteiger partial charge in [-0.15, -0.1) is 0 Å². The van der Waals surface area contributed by atoms with Crippen molar-refractivity contribution in [2.24, 2.45) is 11.8 Å². The lowest BCUT2D eigenvalue weighted by atomic mass is 9.79. The van der Waals surface area contributed by atoms with Gasteiger partial charge in [0.05, 0.1) is 11.2 Å². The summed E-state index contributed by atoms with van der Waals surface area (Å²) >= 11 is 0. The second-order valence-corrected chi connectivity index (χ2v) is 11.7. The van der Waals surface area contributed by atoms with Gasteiger partial charge in [-0.2, -0.15) is 0 Å². The van der Waals surface area contributed by atoms with Crippen LogP contribution in [0.2, 0.25) is 0 Å². The van der Waals surface area contributed by atoms with E-state index in [1.807, 2.05) is 6.92 Å². The number of fused-ring (bicyclic) bond motifs is 1. The molecular weight excluding hydrogens is 416 g/mol. The predicted molar refractivity (Wildman–Crippen MR) is 107 cm³/mol. The highest BCUT2D eigenvalue weighted by Gasteiger charge is 2.52. The third kappa shape index (κ3) is 3.97. The lowest BCUT2D eigenvalue weighted by Crippen LogP contribution is -2.64. The van der Waals surface area contributed by atoms with Gasteiger partial charge in [-0.05, 0) is 58.3 Å². The van der Waals surface area contributed by atoms with Crippen LogP contribution in [0.1, 0.15) is 58.3 Å². The molecule has 30 heavy (non-hydrogen) atoms. The molecule has 1 saturated heterocycles. The summed E-state index contributed by atoms with van der Waals surface area (Å²) < 4.78 is 57.3. The fourth-order valence-corrected chi connectivity index (χ4v) is 7.23. The largest absolute Gasteiger partial charge is 0.326 e. The number of hydrogen-bond donors (Lipinski definition) is 1. The number of rotatable bonds is 5. The van der Waals surface area contributed by atoms with Crippen LogP contribution in [0.4, 0.5) is 13.6 Å². The van der Waals surface area contributed by atoms with Crippen LogP contribution in [0.3, 0.4) is 0 Å². The van der Waals surface area contributed by atoms with E-state index >= 15 is 0 Å².